The van der Waals surface area contributed by atoms with Crippen molar-refractivity contribution in [2.45, 2.75) is 0 Å². The highest BCUT2D eigenvalue weighted by Crippen LogP contribution is 2.28. The van der Waals surface area contributed by atoms with E-state index in [9.17, 15) is 0 Å². The number of nitrogens with one attached hydrogen (secondary N) is 1. The van der Waals surface area contributed by atoms with Gasteiger partial charge in [0.2, 0.25) is 0 Å². The van der Waals surface area contributed by atoms with Crippen LogP contribution in [0.15, 0.2) is 52.9 Å². The molecule has 1 N–H and O–H groups in total. The number of nitriles is 1. The van der Waals surface area contributed by atoms with Crippen LogP contribution >= 0.6 is 0 Å². The van der Waals surface area contributed by atoms with Gasteiger partial charge in [0.1, 0.15) is 17.2 Å². The summed E-state index contributed by atoms with van der Waals surface area (Å²) in [7, 11) is 0. The number of hydrogen-bond donors (Lipinski definition) is 1. The minimum absolute atomic E-state index is 0.557. The molecular formula is C16H9N3O. The zero-order valence-corrected chi connectivity index (χ0v) is 10.4. The summed E-state index contributed by atoms with van der Waals surface area (Å²) in [6.45, 7) is 0. The van der Waals surface area contributed by atoms with Crippen molar-refractivity contribution < 1.29 is 4.42 Å². The lowest BCUT2D eigenvalue weighted by atomic mass is 10.2. The molecule has 4 nitrogen and oxygen atoms in total. The van der Waals surface area contributed by atoms with Gasteiger partial charge in [0, 0.05) is 5.39 Å². The van der Waals surface area contributed by atoms with Gasteiger partial charge in [0.25, 0.3) is 0 Å². The van der Waals surface area contributed by atoms with Crippen LogP contribution in [0.2, 0.25) is 0 Å². The molecule has 4 aromatic rings. The molecule has 20 heavy (non-hydrogen) atoms. The topological polar surface area (TPSA) is 65.6 Å². The molecule has 0 unspecified atom stereocenters. The molecule has 0 amide bonds. The van der Waals surface area contributed by atoms with Crippen molar-refractivity contribution in [3.8, 4) is 17.7 Å². The number of furan rings is 1. The molecule has 0 radical (unpaired) electrons. The molecule has 0 atom stereocenters. The molecule has 0 bridgehead atoms. The Balaban J connectivity index is 1.96. The number of nitrogens with zero attached hydrogens (tertiary/aromatic N) is 2. The molecule has 0 aliphatic heterocycles. The van der Waals surface area contributed by atoms with Crippen molar-refractivity contribution in [2.24, 2.45) is 0 Å². The van der Waals surface area contributed by atoms with Gasteiger partial charge in [0.15, 0.2) is 11.6 Å². The predicted octanol–water partition coefficient (Wildman–Crippen LogP) is 3.85. The van der Waals surface area contributed by atoms with E-state index in [4.69, 9.17) is 9.68 Å². The highest BCUT2D eigenvalue weighted by Gasteiger charge is 2.12. The standard InChI is InChI=1S/C16H9N3O/c17-9-11-5-3-6-12-15(11)19-16(18-12)14-8-10-4-1-2-7-13(10)20-14/h1-8H,(H,18,19). The van der Waals surface area contributed by atoms with E-state index in [-0.39, 0.29) is 0 Å². The van der Waals surface area contributed by atoms with Gasteiger partial charge in [-0.3, -0.25) is 0 Å². The largest absolute Gasteiger partial charge is 0.453 e. The summed E-state index contributed by atoms with van der Waals surface area (Å²) in [6.07, 6.45) is 0. The summed E-state index contributed by atoms with van der Waals surface area (Å²) < 4.78 is 5.78. The summed E-state index contributed by atoms with van der Waals surface area (Å²) in [5.41, 5.74) is 2.88. The molecular weight excluding hydrogens is 250 g/mol. The van der Waals surface area contributed by atoms with Gasteiger partial charge in [-0.05, 0) is 24.3 Å². The fourth-order valence-corrected chi connectivity index (χ4v) is 2.34. The molecule has 0 saturated carbocycles. The third kappa shape index (κ3) is 1.50. The van der Waals surface area contributed by atoms with E-state index in [1.54, 1.807) is 6.07 Å². The van der Waals surface area contributed by atoms with Gasteiger partial charge in [0.05, 0.1) is 11.1 Å². The first kappa shape index (κ1) is 10.8. The van der Waals surface area contributed by atoms with Crippen LogP contribution in [-0.4, -0.2) is 9.97 Å². The van der Waals surface area contributed by atoms with Crippen LogP contribution in [0, 0.1) is 11.3 Å². The van der Waals surface area contributed by atoms with Crippen LogP contribution in [0.4, 0.5) is 0 Å². The van der Waals surface area contributed by atoms with Crippen LogP contribution in [0.25, 0.3) is 33.6 Å². The number of aromatic amines is 1. The normalized spacial score (nSPS) is 10.9. The first-order chi connectivity index (χ1) is 9.85. The van der Waals surface area contributed by atoms with Gasteiger partial charge < -0.3 is 9.40 Å². The number of imidazole rings is 1. The Morgan fingerprint density at radius 2 is 2.00 bits per heavy atom. The lowest BCUT2D eigenvalue weighted by molar-refractivity contribution is 0.627. The number of fused-ring (bicyclic) bond motifs is 2. The Hall–Kier alpha value is -3.06. The Morgan fingerprint density at radius 1 is 1.10 bits per heavy atom. The fraction of sp³-hybridized carbons (Fsp3) is 0. The fourth-order valence-electron chi connectivity index (χ4n) is 2.34. The van der Waals surface area contributed by atoms with E-state index in [0.717, 1.165) is 16.5 Å². The van der Waals surface area contributed by atoms with Crippen LogP contribution in [0.1, 0.15) is 5.56 Å². The van der Waals surface area contributed by atoms with Crippen molar-refractivity contribution in [3.05, 3.63) is 54.1 Å². The van der Waals surface area contributed by atoms with E-state index < -0.39 is 0 Å². The third-order valence-corrected chi connectivity index (χ3v) is 3.29. The minimum atomic E-state index is 0.557. The van der Waals surface area contributed by atoms with Gasteiger partial charge in [-0.25, -0.2) is 4.98 Å². The van der Waals surface area contributed by atoms with Gasteiger partial charge in [-0.1, -0.05) is 24.3 Å². The number of rotatable bonds is 1. The van der Waals surface area contributed by atoms with Gasteiger partial charge >= 0.3 is 0 Å². The highest BCUT2D eigenvalue weighted by molar-refractivity contribution is 5.86. The molecule has 0 aliphatic carbocycles. The molecule has 2 heterocycles. The highest BCUT2D eigenvalue weighted by atomic mass is 16.3. The lowest BCUT2D eigenvalue weighted by Gasteiger charge is -1.87. The lowest BCUT2D eigenvalue weighted by Crippen LogP contribution is -1.77. The quantitative estimate of drug-likeness (QED) is 0.564. The molecule has 4 rings (SSSR count). The summed E-state index contributed by atoms with van der Waals surface area (Å²) in [6, 6.07) is 17.4. The third-order valence-electron chi connectivity index (χ3n) is 3.29. The molecule has 94 valence electrons. The molecule has 2 aromatic heterocycles. The summed E-state index contributed by atoms with van der Waals surface area (Å²) in [5.74, 6) is 1.31. The second kappa shape index (κ2) is 3.97. The van der Waals surface area contributed by atoms with E-state index in [1.165, 1.54) is 0 Å². The number of benzene rings is 2. The van der Waals surface area contributed by atoms with E-state index in [0.29, 0.717) is 22.7 Å². The number of para-hydroxylation sites is 2. The van der Waals surface area contributed by atoms with E-state index in [1.807, 2.05) is 42.5 Å². The first-order valence-electron chi connectivity index (χ1n) is 6.23. The number of aromatic nitrogens is 2. The SMILES string of the molecule is N#Cc1cccc2[nH]c(-c3cc4ccccc4o3)nc12. The molecule has 0 saturated heterocycles. The monoisotopic (exact) mass is 259 g/mol. The zero-order chi connectivity index (χ0) is 13.5. The molecule has 0 spiro atoms. The summed E-state index contributed by atoms with van der Waals surface area (Å²) in [5, 5.41) is 10.1. The molecule has 2 aromatic carbocycles. The second-order valence-corrected chi connectivity index (χ2v) is 4.55. The van der Waals surface area contributed by atoms with Crippen LogP contribution < -0.4 is 0 Å². The first-order valence-corrected chi connectivity index (χ1v) is 6.23. The van der Waals surface area contributed by atoms with Crippen molar-refractivity contribution in [1.82, 2.24) is 9.97 Å². The smallest absolute Gasteiger partial charge is 0.174 e. The second-order valence-electron chi connectivity index (χ2n) is 4.55. The Labute approximate surface area is 114 Å². The summed E-state index contributed by atoms with van der Waals surface area (Å²) in [4.78, 5) is 7.67. The minimum Gasteiger partial charge on any atom is -0.453 e. The van der Waals surface area contributed by atoms with Crippen molar-refractivity contribution in [3.63, 3.8) is 0 Å². The Morgan fingerprint density at radius 3 is 2.85 bits per heavy atom. The van der Waals surface area contributed by atoms with Crippen LogP contribution in [-0.2, 0) is 0 Å². The Kier molecular flexibility index (Phi) is 2.15. The van der Waals surface area contributed by atoms with Crippen molar-refractivity contribution in [1.29, 1.82) is 5.26 Å². The summed E-state index contributed by atoms with van der Waals surface area (Å²) >= 11 is 0. The van der Waals surface area contributed by atoms with Gasteiger partial charge in [-0.15, -0.1) is 0 Å². The van der Waals surface area contributed by atoms with Crippen LogP contribution in [0.3, 0.4) is 0 Å². The molecule has 0 aliphatic rings. The van der Waals surface area contributed by atoms with E-state index >= 15 is 0 Å². The maximum absolute atomic E-state index is 9.10. The zero-order valence-electron chi connectivity index (χ0n) is 10.4. The maximum Gasteiger partial charge on any atom is 0.174 e. The van der Waals surface area contributed by atoms with E-state index in [2.05, 4.69) is 16.0 Å². The van der Waals surface area contributed by atoms with Crippen molar-refractivity contribution in [2.75, 3.05) is 0 Å². The maximum atomic E-state index is 9.10. The van der Waals surface area contributed by atoms with Crippen molar-refractivity contribution >= 4 is 22.0 Å². The predicted molar refractivity (Wildman–Crippen MR) is 76.0 cm³/mol. The number of hydrogen-bond acceptors (Lipinski definition) is 3. The number of H-pyrrole nitrogens is 1. The van der Waals surface area contributed by atoms with Gasteiger partial charge in [-0.2, -0.15) is 5.26 Å². The average molecular weight is 259 g/mol. The molecule has 4 heteroatoms. The van der Waals surface area contributed by atoms with Crippen LogP contribution in [0.5, 0.6) is 0 Å². The average Bonchev–Trinajstić information content (AvgIpc) is 3.09. The Bertz CT molecular complexity index is 939. The molecule has 0 fully saturated rings.